The molecule has 0 bridgehead atoms. The molecule has 0 radical (unpaired) electrons. The second-order valence-electron chi connectivity index (χ2n) is 6.02. The molecule has 132 valence electrons. The van der Waals surface area contributed by atoms with Crippen molar-refractivity contribution in [2.24, 2.45) is 4.99 Å². The van der Waals surface area contributed by atoms with Crippen molar-refractivity contribution in [3.05, 3.63) is 34.3 Å². The fraction of sp³-hybridized carbons (Fsp3) is 0.556. The van der Waals surface area contributed by atoms with E-state index in [4.69, 9.17) is 4.74 Å². The topological polar surface area (TPSA) is 62.7 Å². The number of rotatable bonds is 8. The first kappa shape index (κ1) is 18.8. The molecule has 2 N–H and O–H groups in total. The molecule has 0 saturated heterocycles. The summed E-state index contributed by atoms with van der Waals surface area (Å²) >= 11 is 3.66. The molecule has 6 heteroatoms. The first-order chi connectivity index (χ1) is 11.6. The average molecular weight is 396 g/mol. The summed E-state index contributed by atoms with van der Waals surface area (Å²) in [6, 6.07) is 8.41. The van der Waals surface area contributed by atoms with Crippen LogP contribution in [-0.2, 0) is 14.9 Å². The van der Waals surface area contributed by atoms with E-state index in [2.05, 4.69) is 49.8 Å². The van der Waals surface area contributed by atoms with E-state index in [1.807, 2.05) is 13.0 Å². The van der Waals surface area contributed by atoms with Gasteiger partial charge in [-0.15, -0.1) is 0 Å². The molecule has 1 aliphatic rings. The molecule has 0 heterocycles. The Balaban J connectivity index is 1.76. The van der Waals surface area contributed by atoms with Crippen LogP contribution in [0, 0.1) is 0 Å². The predicted molar refractivity (Wildman–Crippen MR) is 100 cm³/mol. The molecule has 0 spiro atoms. The molecule has 1 fully saturated rings. The van der Waals surface area contributed by atoms with Crippen molar-refractivity contribution in [3.8, 4) is 0 Å². The quantitative estimate of drug-likeness (QED) is 0.307. The van der Waals surface area contributed by atoms with Crippen LogP contribution in [0.5, 0.6) is 0 Å². The second kappa shape index (κ2) is 9.06. The fourth-order valence-electron chi connectivity index (χ4n) is 2.73. The number of aliphatic imine (C=N–C) groups is 1. The summed E-state index contributed by atoms with van der Waals surface area (Å²) in [5.74, 6) is 0.630. The molecule has 1 saturated carbocycles. The van der Waals surface area contributed by atoms with Crippen molar-refractivity contribution in [3.63, 3.8) is 0 Å². The van der Waals surface area contributed by atoms with Gasteiger partial charge >= 0.3 is 5.97 Å². The number of nitrogens with zero attached hydrogens (tertiary/aromatic N) is 1. The third-order valence-electron chi connectivity index (χ3n) is 4.27. The van der Waals surface area contributed by atoms with Crippen molar-refractivity contribution in [1.82, 2.24) is 10.6 Å². The van der Waals surface area contributed by atoms with Crippen molar-refractivity contribution in [2.75, 3.05) is 26.7 Å². The zero-order valence-corrected chi connectivity index (χ0v) is 16.0. The minimum absolute atomic E-state index is 0.145. The molecule has 0 aliphatic heterocycles. The van der Waals surface area contributed by atoms with Crippen LogP contribution in [0.4, 0.5) is 0 Å². The number of benzene rings is 1. The van der Waals surface area contributed by atoms with Gasteiger partial charge in [-0.3, -0.25) is 9.79 Å². The summed E-state index contributed by atoms with van der Waals surface area (Å²) in [6.07, 6.45) is 3.53. The Hall–Kier alpha value is -1.56. The monoisotopic (exact) mass is 395 g/mol. The van der Waals surface area contributed by atoms with Crippen molar-refractivity contribution in [1.29, 1.82) is 0 Å². The summed E-state index contributed by atoms with van der Waals surface area (Å²) in [6.45, 7) is 3.81. The maximum Gasteiger partial charge on any atom is 0.305 e. The number of esters is 1. The largest absolute Gasteiger partial charge is 0.466 e. The molecule has 2 rings (SSSR count). The summed E-state index contributed by atoms with van der Waals surface area (Å²) in [5, 5.41) is 6.67. The summed E-state index contributed by atoms with van der Waals surface area (Å²) in [4.78, 5) is 15.6. The molecule has 0 unspecified atom stereocenters. The Labute approximate surface area is 152 Å². The minimum atomic E-state index is -0.145. The first-order valence-electron chi connectivity index (χ1n) is 8.46. The Morgan fingerprint density at radius 1 is 1.33 bits per heavy atom. The van der Waals surface area contributed by atoms with Crippen LogP contribution in [0.15, 0.2) is 33.7 Å². The van der Waals surface area contributed by atoms with Crippen molar-refractivity contribution < 1.29 is 9.53 Å². The van der Waals surface area contributed by atoms with Gasteiger partial charge < -0.3 is 15.4 Å². The highest BCUT2D eigenvalue weighted by Crippen LogP contribution is 2.49. The summed E-state index contributed by atoms with van der Waals surface area (Å²) in [5.41, 5.74) is 1.55. The molecule has 1 aromatic carbocycles. The number of ether oxygens (including phenoxy) is 1. The van der Waals surface area contributed by atoms with Crippen LogP contribution in [0.3, 0.4) is 0 Å². The molecule has 0 amide bonds. The van der Waals surface area contributed by atoms with E-state index in [1.54, 1.807) is 7.05 Å². The highest BCUT2D eigenvalue weighted by atomic mass is 79.9. The smallest absolute Gasteiger partial charge is 0.305 e. The van der Waals surface area contributed by atoms with Crippen LogP contribution in [0.2, 0.25) is 0 Å². The number of carbonyl (C=O) groups excluding carboxylic acids is 1. The van der Waals surface area contributed by atoms with Gasteiger partial charge in [0.1, 0.15) is 0 Å². The number of nitrogens with one attached hydrogen (secondary N) is 2. The van der Waals surface area contributed by atoms with Gasteiger partial charge in [0.15, 0.2) is 5.96 Å². The zero-order valence-electron chi connectivity index (χ0n) is 14.4. The first-order valence-corrected chi connectivity index (χ1v) is 9.26. The average Bonchev–Trinajstić information content (AvgIpc) is 3.36. The van der Waals surface area contributed by atoms with Gasteiger partial charge in [0.25, 0.3) is 0 Å². The number of carbonyl (C=O) groups is 1. The molecule has 0 aromatic heterocycles. The van der Waals surface area contributed by atoms with Crippen molar-refractivity contribution >= 4 is 27.9 Å². The van der Waals surface area contributed by atoms with E-state index >= 15 is 0 Å². The van der Waals surface area contributed by atoms with E-state index in [0.717, 1.165) is 18.9 Å². The van der Waals surface area contributed by atoms with Gasteiger partial charge in [-0.05, 0) is 37.8 Å². The molecular weight excluding hydrogens is 370 g/mol. The second-order valence-corrected chi connectivity index (χ2v) is 6.88. The Kier molecular flexibility index (Phi) is 7.09. The van der Waals surface area contributed by atoms with Crippen LogP contribution < -0.4 is 10.6 Å². The summed E-state index contributed by atoms with van der Waals surface area (Å²) < 4.78 is 6.09. The normalized spacial score (nSPS) is 15.7. The standard InChI is InChI=1S/C18H26BrN3O2/c1-3-24-16(23)9-6-12-21-17(20-2)22-13-18(10-11-18)14-7-4-5-8-15(14)19/h4-5,7-8H,3,6,9-13H2,1-2H3,(H2,20,21,22). The van der Waals surface area contributed by atoms with Gasteiger partial charge in [0, 0.05) is 36.4 Å². The van der Waals surface area contributed by atoms with E-state index in [9.17, 15) is 4.79 Å². The lowest BCUT2D eigenvalue weighted by Crippen LogP contribution is -2.41. The Morgan fingerprint density at radius 3 is 2.71 bits per heavy atom. The number of guanidine groups is 1. The van der Waals surface area contributed by atoms with Crippen LogP contribution in [0.1, 0.15) is 38.2 Å². The lowest BCUT2D eigenvalue weighted by atomic mass is 9.96. The zero-order chi connectivity index (χ0) is 17.4. The number of hydrogen-bond donors (Lipinski definition) is 2. The maximum atomic E-state index is 11.3. The third-order valence-corrected chi connectivity index (χ3v) is 4.96. The van der Waals surface area contributed by atoms with E-state index < -0.39 is 0 Å². The van der Waals surface area contributed by atoms with Crippen LogP contribution >= 0.6 is 15.9 Å². The fourth-order valence-corrected chi connectivity index (χ4v) is 3.44. The van der Waals surface area contributed by atoms with Gasteiger partial charge in [-0.25, -0.2) is 0 Å². The highest BCUT2D eigenvalue weighted by molar-refractivity contribution is 9.10. The highest BCUT2D eigenvalue weighted by Gasteiger charge is 2.45. The number of halogens is 1. The Morgan fingerprint density at radius 2 is 2.08 bits per heavy atom. The number of hydrogen-bond acceptors (Lipinski definition) is 3. The van der Waals surface area contributed by atoms with Crippen LogP contribution in [0.25, 0.3) is 0 Å². The van der Waals surface area contributed by atoms with E-state index in [-0.39, 0.29) is 11.4 Å². The summed E-state index contributed by atoms with van der Waals surface area (Å²) in [7, 11) is 1.76. The van der Waals surface area contributed by atoms with E-state index in [0.29, 0.717) is 19.6 Å². The third kappa shape index (κ3) is 5.23. The lowest BCUT2D eigenvalue weighted by Gasteiger charge is -2.20. The molecule has 0 atom stereocenters. The van der Waals surface area contributed by atoms with Crippen LogP contribution in [-0.4, -0.2) is 38.7 Å². The lowest BCUT2D eigenvalue weighted by molar-refractivity contribution is -0.143. The predicted octanol–water partition coefficient (Wildman–Crippen LogP) is 2.99. The maximum absolute atomic E-state index is 11.3. The molecule has 1 aromatic rings. The molecule has 1 aliphatic carbocycles. The minimum Gasteiger partial charge on any atom is -0.466 e. The van der Waals surface area contributed by atoms with Gasteiger partial charge in [-0.2, -0.15) is 0 Å². The van der Waals surface area contributed by atoms with Gasteiger partial charge in [-0.1, -0.05) is 34.1 Å². The van der Waals surface area contributed by atoms with Crippen molar-refractivity contribution in [2.45, 2.75) is 38.0 Å². The molecular formula is C18H26BrN3O2. The molecule has 24 heavy (non-hydrogen) atoms. The van der Waals surface area contributed by atoms with Gasteiger partial charge in [0.05, 0.1) is 6.61 Å². The van der Waals surface area contributed by atoms with Gasteiger partial charge in [0.2, 0.25) is 0 Å². The SMILES string of the molecule is CCOC(=O)CCCNC(=NC)NCC1(c2ccccc2Br)CC1. The molecule has 5 nitrogen and oxygen atoms in total. The Bertz CT molecular complexity index is 585. The van der Waals surface area contributed by atoms with E-state index in [1.165, 1.54) is 22.9 Å².